The highest BCUT2D eigenvalue weighted by Gasteiger charge is 2.52. The fourth-order valence-electron chi connectivity index (χ4n) is 2.23. The lowest BCUT2D eigenvalue weighted by molar-refractivity contribution is -0.187. The van der Waals surface area contributed by atoms with Gasteiger partial charge in [-0.3, -0.25) is 4.79 Å². The summed E-state index contributed by atoms with van der Waals surface area (Å²) < 4.78 is 0. The number of carbonyl (C=O) groups is 1. The molecule has 0 saturated carbocycles. The van der Waals surface area contributed by atoms with Crippen molar-refractivity contribution in [2.24, 2.45) is 5.73 Å². The molecule has 2 atom stereocenters. The van der Waals surface area contributed by atoms with Crippen molar-refractivity contribution in [3.63, 3.8) is 0 Å². The number of rotatable bonds is 5. The first-order valence-corrected chi connectivity index (χ1v) is 5.51. The molecule has 1 aliphatic rings. The lowest BCUT2D eigenvalue weighted by atomic mass is 9.86. The predicted octanol–water partition coefficient (Wildman–Crippen LogP) is 0.812. The van der Waals surface area contributed by atoms with E-state index in [2.05, 4.69) is 6.92 Å². The van der Waals surface area contributed by atoms with Gasteiger partial charge < -0.3 is 16.0 Å². The Bertz CT molecular complexity index is 223. The molecule has 0 bridgehead atoms. The monoisotopic (exact) mass is 216 g/mol. The van der Waals surface area contributed by atoms with Gasteiger partial charge >= 0.3 is 5.97 Å². The van der Waals surface area contributed by atoms with Crippen LogP contribution in [0.25, 0.3) is 0 Å². The zero-order valence-electron chi connectivity index (χ0n) is 9.15. The van der Waals surface area contributed by atoms with Crippen molar-refractivity contribution in [3.05, 3.63) is 0 Å². The van der Waals surface area contributed by atoms with E-state index in [-0.39, 0.29) is 0 Å². The maximum atomic E-state index is 11.3. The van der Waals surface area contributed by atoms with E-state index in [9.17, 15) is 15.1 Å². The summed E-state index contributed by atoms with van der Waals surface area (Å²) >= 11 is 0. The highest BCUT2D eigenvalue weighted by Crippen LogP contribution is 2.32. The van der Waals surface area contributed by atoms with E-state index in [1.807, 2.05) is 0 Å². The van der Waals surface area contributed by atoms with Crippen molar-refractivity contribution in [1.29, 1.82) is 0 Å². The molecule has 15 heavy (non-hydrogen) atoms. The molecule has 0 radical (unpaired) electrons. The van der Waals surface area contributed by atoms with Crippen LogP contribution in [-0.2, 0) is 4.79 Å². The molecule has 1 rings (SSSR count). The fraction of sp³-hybridized carbons (Fsp3) is 0.900. The van der Waals surface area contributed by atoms with Gasteiger partial charge in [-0.25, -0.2) is 0 Å². The van der Waals surface area contributed by atoms with Gasteiger partial charge in [0.1, 0.15) is 0 Å². The van der Waals surface area contributed by atoms with Crippen molar-refractivity contribution in [1.82, 2.24) is 5.06 Å². The quantitative estimate of drug-likeness (QED) is 0.592. The number of unbranched alkanes of at least 4 members (excludes halogenated alkanes) is 2. The fourth-order valence-corrected chi connectivity index (χ4v) is 2.23. The molecule has 0 aromatic rings. The van der Waals surface area contributed by atoms with Crippen LogP contribution in [0.15, 0.2) is 0 Å². The number of hydrogen-bond acceptors (Lipinski definition) is 4. The zero-order valence-corrected chi connectivity index (χ0v) is 9.15. The van der Waals surface area contributed by atoms with E-state index in [0.29, 0.717) is 19.4 Å². The second-order valence-electron chi connectivity index (χ2n) is 4.20. The van der Waals surface area contributed by atoms with Crippen LogP contribution in [0.1, 0.15) is 39.0 Å². The van der Waals surface area contributed by atoms with Crippen LogP contribution >= 0.6 is 0 Å². The summed E-state index contributed by atoms with van der Waals surface area (Å²) in [5.74, 6) is -1.01. The summed E-state index contributed by atoms with van der Waals surface area (Å²) in [7, 11) is 0. The average molecular weight is 216 g/mol. The van der Waals surface area contributed by atoms with Crippen molar-refractivity contribution in [3.8, 4) is 0 Å². The summed E-state index contributed by atoms with van der Waals surface area (Å²) in [6.45, 7) is 2.40. The van der Waals surface area contributed by atoms with Gasteiger partial charge in [-0.05, 0) is 12.8 Å². The Kier molecular flexibility index (Phi) is 4.07. The van der Waals surface area contributed by atoms with Gasteiger partial charge in [-0.15, -0.1) is 0 Å². The number of carboxylic acid groups (broad SMARTS) is 1. The van der Waals surface area contributed by atoms with Crippen LogP contribution in [-0.4, -0.2) is 39.5 Å². The molecule has 0 spiro atoms. The minimum Gasteiger partial charge on any atom is -0.480 e. The van der Waals surface area contributed by atoms with Gasteiger partial charge in [0.05, 0.1) is 0 Å². The van der Waals surface area contributed by atoms with E-state index in [0.717, 1.165) is 24.3 Å². The standard InChI is InChI=1S/C10H20N2O3/c1-2-3-4-6-10(9(13)14)8(11)5-7-12(10)15/h8,15H,2-7,11H2,1H3,(H,13,14). The number of hydroxylamine groups is 2. The third-order valence-electron chi connectivity index (χ3n) is 3.26. The molecule has 1 fully saturated rings. The normalized spacial score (nSPS) is 32.1. The first-order chi connectivity index (χ1) is 7.05. The minimum absolute atomic E-state index is 0.347. The molecule has 5 nitrogen and oxygen atoms in total. The van der Waals surface area contributed by atoms with Crippen LogP contribution in [0.4, 0.5) is 0 Å². The van der Waals surface area contributed by atoms with Crippen molar-refractivity contribution >= 4 is 5.97 Å². The summed E-state index contributed by atoms with van der Waals surface area (Å²) in [5.41, 5.74) is 4.55. The number of nitrogens with two attached hydrogens (primary N) is 1. The Morgan fingerprint density at radius 3 is 2.67 bits per heavy atom. The third-order valence-corrected chi connectivity index (χ3v) is 3.26. The minimum atomic E-state index is -1.25. The molecule has 0 amide bonds. The summed E-state index contributed by atoms with van der Waals surface area (Å²) in [5, 5.41) is 19.8. The summed E-state index contributed by atoms with van der Waals surface area (Å²) in [4.78, 5) is 11.3. The second kappa shape index (κ2) is 4.92. The molecular weight excluding hydrogens is 196 g/mol. The average Bonchev–Trinajstić information content (AvgIpc) is 2.46. The summed E-state index contributed by atoms with van der Waals surface area (Å²) in [6, 6.07) is -0.475. The number of hydrogen-bond donors (Lipinski definition) is 3. The highest BCUT2D eigenvalue weighted by atomic mass is 16.5. The number of aliphatic carboxylic acids is 1. The smallest absolute Gasteiger partial charge is 0.328 e. The topological polar surface area (TPSA) is 86.8 Å². The van der Waals surface area contributed by atoms with Crippen LogP contribution in [0.5, 0.6) is 0 Å². The highest BCUT2D eigenvalue weighted by molar-refractivity contribution is 5.80. The molecule has 1 aliphatic heterocycles. The molecule has 1 saturated heterocycles. The molecule has 0 aromatic heterocycles. The first kappa shape index (κ1) is 12.4. The molecule has 1 heterocycles. The Labute approximate surface area is 89.8 Å². The first-order valence-electron chi connectivity index (χ1n) is 5.51. The van der Waals surface area contributed by atoms with Gasteiger partial charge in [0.15, 0.2) is 5.54 Å². The van der Waals surface area contributed by atoms with Crippen molar-refractivity contribution in [2.75, 3.05) is 6.54 Å². The molecule has 2 unspecified atom stereocenters. The van der Waals surface area contributed by atoms with Gasteiger partial charge in [0.2, 0.25) is 0 Å². The molecule has 4 N–H and O–H groups in total. The Balaban J connectivity index is 2.73. The maximum Gasteiger partial charge on any atom is 0.328 e. The van der Waals surface area contributed by atoms with Crippen LogP contribution in [0.3, 0.4) is 0 Å². The van der Waals surface area contributed by atoms with Gasteiger partial charge in [0.25, 0.3) is 0 Å². The van der Waals surface area contributed by atoms with Gasteiger partial charge in [-0.1, -0.05) is 26.2 Å². The van der Waals surface area contributed by atoms with E-state index < -0.39 is 17.6 Å². The Morgan fingerprint density at radius 1 is 1.60 bits per heavy atom. The summed E-state index contributed by atoms with van der Waals surface area (Å²) in [6.07, 6.45) is 3.74. The third kappa shape index (κ3) is 2.14. The molecule has 0 aliphatic carbocycles. The predicted molar refractivity (Wildman–Crippen MR) is 55.6 cm³/mol. The largest absolute Gasteiger partial charge is 0.480 e. The van der Waals surface area contributed by atoms with Crippen molar-refractivity contribution < 1.29 is 15.1 Å². The number of carboxylic acids is 1. The van der Waals surface area contributed by atoms with Crippen LogP contribution in [0, 0.1) is 0 Å². The van der Waals surface area contributed by atoms with Crippen molar-refractivity contribution in [2.45, 2.75) is 50.6 Å². The molecule has 88 valence electrons. The van der Waals surface area contributed by atoms with E-state index >= 15 is 0 Å². The Morgan fingerprint density at radius 2 is 2.27 bits per heavy atom. The molecule has 5 heteroatoms. The second-order valence-corrected chi connectivity index (χ2v) is 4.20. The molecule has 0 aromatic carbocycles. The maximum absolute atomic E-state index is 11.3. The zero-order chi connectivity index (χ0) is 11.5. The lowest BCUT2D eigenvalue weighted by Gasteiger charge is -2.33. The van der Waals surface area contributed by atoms with Crippen LogP contribution < -0.4 is 5.73 Å². The molecular formula is C10H20N2O3. The van der Waals surface area contributed by atoms with Crippen LogP contribution in [0.2, 0.25) is 0 Å². The van der Waals surface area contributed by atoms with E-state index in [4.69, 9.17) is 5.73 Å². The van der Waals surface area contributed by atoms with E-state index in [1.54, 1.807) is 0 Å². The van der Waals surface area contributed by atoms with E-state index in [1.165, 1.54) is 0 Å². The van der Waals surface area contributed by atoms with Gasteiger partial charge in [-0.2, -0.15) is 5.06 Å². The SMILES string of the molecule is CCCCCC1(C(=O)O)C(N)CCN1O. The lowest BCUT2D eigenvalue weighted by Crippen LogP contribution is -2.58. The Hall–Kier alpha value is -0.650. The van der Waals surface area contributed by atoms with Gasteiger partial charge in [0, 0.05) is 12.6 Å². The number of nitrogens with zero attached hydrogens (tertiary/aromatic N) is 1.